The van der Waals surface area contributed by atoms with E-state index in [0.717, 1.165) is 51.4 Å². The predicted octanol–water partition coefficient (Wildman–Crippen LogP) is 4.88. The number of rotatable bonds is 10. The molecule has 5 rings (SSSR count). The molecule has 208 valence electrons. The molecule has 40 heavy (non-hydrogen) atoms. The second-order valence-corrected chi connectivity index (χ2v) is 11.0. The maximum Gasteiger partial charge on any atom is 0.256 e. The van der Waals surface area contributed by atoms with Crippen molar-refractivity contribution in [3.63, 3.8) is 0 Å². The highest BCUT2D eigenvalue weighted by atomic mass is 35.5. The van der Waals surface area contributed by atoms with Crippen LogP contribution in [0.3, 0.4) is 0 Å². The Labute approximate surface area is 246 Å². The van der Waals surface area contributed by atoms with Gasteiger partial charge in [0, 0.05) is 50.0 Å². The van der Waals surface area contributed by atoms with Crippen LogP contribution in [0.15, 0.2) is 84.9 Å². The molecule has 3 aromatic carbocycles. The number of carbonyl (C=O) groups is 2. The van der Waals surface area contributed by atoms with Gasteiger partial charge in [-0.2, -0.15) is 0 Å². The van der Waals surface area contributed by atoms with Gasteiger partial charge in [0.15, 0.2) is 5.11 Å². The van der Waals surface area contributed by atoms with Gasteiger partial charge in [-0.25, -0.2) is 0 Å². The molecule has 7 nitrogen and oxygen atoms in total. The van der Waals surface area contributed by atoms with Crippen molar-refractivity contribution in [1.82, 2.24) is 14.7 Å². The van der Waals surface area contributed by atoms with Gasteiger partial charge in [0.05, 0.1) is 12.1 Å². The van der Waals surface area contributed by atoms with Crippen molar-refractivity contribution < 1.29 is 9.59 Å². The first-order valence-electron chi connectivity index (χ1n) is 13.7. The molecule has 1 N–H and O–H groups in total. The van der Waals surface area contributed by atoms with Crippen LogP contribution in [-0.2, 0) is 16.1 Å². The number of amides is 2. The van der Waals surface area contributed by atoms with Crippen molar-refractivity contribution in [2.24, 2.45) is 0 Å². The number of nitrogens with one attached hydrogen (secondary N) is 1. The van der Waals surface area contributed by atoms with E-state index in [9.17, 15) is 9.59 Å². The zero-order valence-corrected chi connectivity index (χ0v) is 24.0. The first-order valence-corrected chi connectivity index (χ1v) is 14.5. The monoisotopic (exact) mass is 575 g/mol. The van der Waals surface area contributed by atoms with E-state index in [4.69, 9.17) is 23.8 Å². The summed E-state index contributed by atoms with van der Waals surface area (Å²) in [6, 6.07) is 26.3. The highest BCUT2D eigenvalue weighted by Gasteiger charge is 2.43. The molecule has 2 saturated heterocycles. The minimum atomic E-state index is -0.650. The average Bonchev–Trinajstić information content (AvgIpc) is 3.20. The molecule has 2 aliphatic heterocycles. The molecule has 1 atom stereocenters. The van der Waals surface area contributed by atoms with Crippen LogP contribution in [0.5, 0.6) is 0 Å². The second-order valence-electron chi connectivity index (χ2n) is 10.2. The van der Waals surface area contributed by atoms with Gasteiger partial charge in [-0.05, 0) is 67.1 Å². The smallest absolute Gasteiger partial charge is 0.256 e. The summed E-state index contributed by atoms with van der Waals surface area (Å²) in [5.74, 6) is -0.407. The Morgan fingerprint density at radius 2 is 1.48 bits per heavy atom. The predicted molar refractivity (Wildman–Crippen MR) is 164 cm³/mol. The molecule has 0 saturated carbocycles. The van der Waals surface area contributed by atoms with E-state index in [0.29, 0.717) is 22.4 Å². The Kier molecular flexibility index (Phi) is 9.44. The molecular formula is C31H34ClN5O2S. The van der Waals surface area contributed by atoms with Gasteiger partial charge in [-0.1, -0.05) is 60.1 Å². The molecule has 2 heterocycles. The molecule has 9 heteroatoms. The summed E-state index contributed by atoms with van der Waals surface area (Å²) in [5.41, 5.74) is 2.70. The first-order chi connectivity index (χ1) is 19.5. The van der Waals surface area contributed by atoms with Crippen molar-refractivity contribution in [3.8, 4) is 0 Å². The van der Waals surface area contributed by atoms with Crippen LogP contribution in [0.1, 0.15) is 18.4 Å². The number of halogens is 1. The topological polar surface area (TPSA) is 59.1 Å². The number of benzene rings is 3. The molecule has 2 aliphatic rings. The molecule has 0 aliphatic carbocycles. The van der Waals surface area contributed by atoms with Gasteiger partial charge in [-0.3, -0.25) is 19.4 Å². The number of thiocarbonyl (C=S) groups is 1. The summed E-state index contributed by atoms with van der Waals surface area (Å²) in [6.45, 7) is 6.60. The Morgan fingerprint density at radius 1 is 0.850 bits per heavy atom. The third-order valence-electron chi connectivity index (χ3n) is 7.43. The molecule has 0 unspecified atom stereocenters. The molecule has 2 amide bonds. The van der Waals surface area contributed by atoms with E-state index < -0.39 is 6.04 Å². The molecule has 3 aromatic rings. The number of hydrogen-bond donors (Lipinski definition) is 1. The number of hydrogen-bond acceptors (Lipinski definition) is 5. The van der Waals surface area contributed by atoms with Gasteiger partial charge in [-0.15, -0.1) is 0 Å². The Bertz CT molecular complexity index is 1300. The average molecular weight is 576 g/mol. The third kappa shape index (κ3) is 7.06. The van der Waals surface area contributed by atoms with Crippen molar-refractivity contribution in [2.75, 3.05) is 49.5 Å². The van der Waals surface area contributed by atoms with E-state index in [1.807, 2.05) is 35.2 Å². The number of carbonyl (C=O) groups excluding carboxylic acids is 2. The number of piperazine rings is 1. The highest BCUT2D eigenvalue weighted by molar-refractivity contribution is 7.80. The van der Waals surface area contributed by atoms with Crippen molar-refractivity contribution in [1.29, 1.82) is 0 Å². The fraction of sp³-hybridized carbons (Fsp3) is 0.323. The normalized spacial score (nSPS) is 18.4. The Morgan fingerprint density at radius 3 is 2.15 bits per heavy atom. The molecule has 2 fully saturated rings. The summed E-state index contributed by atoms with van der Waals surface area (Å²) < 4.78 is 0. The van der Waals surface area contributed by atoms with Crippen molar-refractivity contribution in [2.45, 2.75) is 25.4 Å². The number of nitrogens with zero attached hydrogens (tertiary/aromatic N) is 4. The van der Waals surface area contributed by atoms with Gasteiger partial charge >= 0.3 is 0 Å². The quantitative estimate of drug-likeness (QED) is 0.348. The lowest BCUT2D eigenvalue weighted by atomic mass is 10.1. The van der Waals surface area contributed by atoms with Crippen LogP contribution in [0.25, 0.3) is 0 Å². The van der Waals surface area contributed by atoms with E-state index in [-0.39, 0.29) is 18.2 Å². The molecule has 0 radical (unpaired) electrons. The highest BCUT2D eigenvalue weighted by Crippen LogP contribution is 2.27. The van der Waals surface area contributed by atoms with Crippen LogP contribution in [-0.4, -0.2) is 76.9 Å². The van der Waals surface area contributed by atoms with Crippen LogP contribution in [0.2, 0.25) is 5.02 Å². The van der Waals surface area contributed by atoms with Gasteiger partial charge in [0.25, 0.3) is 5.91 Å². The van der Waals surface area contributed by atoms with Crippen LogP contribution in [0, 0.1) is 0 Å². The van der Waals surface area contributed by atoms with E-state index in [1.165, 1.54) is 5.56 Å². The number of para-hydroxylation sites is 1. The summed E-state index contributed by atoms with van der Waals surface area (Å²) in [5, 5.41) is 3.93. The molecule has 0 aromatic heterocycles. The Hall–Kier alpha value is -3.30. The fourth-order valence-corrected chi connectivity index (χ4v) is 5.84. The third-order valence-corrected chi connectivity index (χ3v) is 8.10. The molecule has 0 bridgehead atoms. The summed E-state index contributed by atoms with van der Waals surface area (Å²) in [7, 11) is 0. The second kappa shape index (κ2) is 13.4. The maximum absolute atomic E-state index is 13.6. The minimum absolute atomic E-state index is 0.0170. The minimum Gasteiger partial charge on any atom is -0.336 e. The standard InChI is InChI=1S/C31H34ClN5O2S/c32-25-12-14-26(15-13-25)33-29(38)22-28-30(39)37(27-10-5-2-6-11-27)31(40)36(28)17-7-16-34-18-20-35(21-19-34)23-24-8-3-1-4-9-24/h1-6,8-15,28H,7,16-23H2,(H,33,38)/t28-/m0/s1. The summed E-state index contributed by atoms with van der Waals surface area (Å²) >= 11 is 11.8. The van der Waals surface area contributed by atoms with E-state index in [2.05, 4.69) is 45.4 Å². The van der Waals surface area contributed by atoms with Crippen molar-refractivity contribution >= 4 is 52.1 Å². The van der Waals surface area contributed by atoms with Gasteiger partial charge in [0.1, 0.15) is 6.04 Å². The first kappa shape index (κ1) is 28.2. The van der Waals surface area contributed by atoms with Crippen molar-refractivity contribution in [3.05, 3.63) is 95.5 Å². The zero-order valence-electron chi connectivity index (χ0n) is 22.4. The van der Waals surface area contributed by atoms with E-state index in [1.54, 1.807) is 29.2 Å². The summed E-state index contributed by atoms with van der Waals surface area (Å²) in [4.78, 5) is 35.0. The zero-order chi connectivity index (χ0) is 27.9. The number of anilines is 2. The lowest BCUT2D eigenvalue weighted by Crippen LogP contribution is -2.47. The van der Waals surface area contributed by atoms with Gasteiger partial charge in [0.2, 0.25) is 5.91 Å². The summed E-state index contributed by atoms with van der Waals surface area (Å²) in [6.07, 6.45) is 0.868. The Balaban J connectivity index is 1.18. The van der Waals surface area contributed by atoms with Crippen LogP contribution < -0.4 is 10.2 Å². The largest absolute Gasteiger partial charge is 0.336 e. The van der Waals surface area contributed by atoms with Crippen LogP contribution in [0.4, 0.5) is 11.4 Å². The maximum atomic E-state index is 13.6. The lowest BCUT2D eigenvalue weighted by Gasteiger charge is -2.35. The van der Waals surface area contributed by atoms with E-state index >= 15 is 0 Å². The molecule has 0 spiro atoms. The van der Waals surface area contributed by atoms with Gasteiger partial charge < -0.3 is 15.1 Å². The SMILES string of the molecule is O=C(C[C@H]1C(=O)N(c2ccccc2)C(=S)N1CCCN1CCN(Cc2ccccc2)CC1)Nc1ccc(Cl)cc1. The lowest BCUT2D eigenvalue weighted by molar-refractivity contribution is -0.124. The fourth-order valence-electron chi connectivity index (χ4n) is 5.30. The molecular weight excluding hydrogens is 542 g/mol. The van der Waals surface area contributed by atoms with Crippen LogP contribution >= 0.6 is 23.8 Å².